The molecule has 1 amide bonds. The van der Waals surface area contributed by atoms with Crippen LogP contribution in [0.2, 0.25) is 0 Å². The van der Waals surface area contributed by atoms with E-state index >= 15 is 0 Å². The molecule has 2 saturated heterocycles. The fourth-order valence-electron chi connectivity index (χ4n) is 4.70. The van der Waals surface area contributed by atoms with Crippen molar-refractivity contribution in [2.24, 2.45) is 0 Å². The lowest BCUT2D eigenvalue weighted by atomic mass is 9.90. The molecule has 1 spiro atoms. The summed E-state index contributed by atoms with van der Waals surface area (Å²) in [5.74, 6) is 0.813. The highest BCUT2D eigenvalue weighted by atomic mass is 16.5. The van der Waals surface area contributed by atoms with Crippen molar-refractivity contribution in [2.45, 2.75) is 45.8 Å². The van der Waals surface area contributed by atoms with Crippen LogP contribution in [0.5, 0.6) is 5.88 Å². The number of anilines is 2. The number of fused-ring (bicyclic) bond motifs is 1. The molecule has 0 radical (unpaired) electrons. The van der Waals surface area contributed by atoms with Crippen LogP contribution in [0.15, 0.2) is 18.6 Å². The van der Waals surface area contributed by atoms with Crippen molar-refractivity contribution in [3.63, 3.8) is 0 Å². The Bertz CT molecular complexity index is 1220. The van der Waals surface area contributed by atoms with Gasteiger partial charge in [-0.25, -0.2) is 15.0 Å². The average Bonchev–Trinajstić information content (AvgIpc) is 3.37. The van der Waals surface area contributed by atoms with Gasteiger partial charge in [0.05, 0.1) is 43.9 Å². The first-order valence-electron chi connectivity index (χ1n) is 11.7. The monoisotopic (exact) mass is 466 g/mol. The SMILES string of the molecule is CCNC1COC2(C1)CN(c1ncc(C(=O)Nc3cn4cc(C)nc4c(C)n3)c(OCC)n1)C2. The van der Waals surface area contributed by atoms with Crippen LogP contribution in [0.1, 0.15) is 42.0 Å². The van der Waals surface area contributed by atoms with Gasteiger partial charge in [-0.3, -0.25) is 4.79 Å². The molecular weight excluding hydrogens is 436 g/mol. The summed E-state index contributed by atoms with van der Waals surface area (Å²) in [6, 6.07) is 0.390. The van der Waals surface area contributed by atoms with Gasteiger partial charge in [-0.2, -0.15) is 4.98 Å². The van der Waals surface area contributed by atoms with Crippen molar-refractivity contribution < 1.29 is 14.3 Å². The maximum atomic E-state index is 13.1. The minimum atomic E-state index is -0.384. The van der Waals surface area contributed by atoms with Gasteiger partial charge in [0.15, 0.2) is 5.65 Å². The molecule has 34 heavy (non-hydrogen) atoms. The number of carbonyl (C=O) groups is 1. The third-order valence-electron chi connectivity index (χ3n) is 6.18. The normalized spacial score (nSPS) is 18.9. The zero-order valence-corrected chi connectivity index (χ0v) is 20.0. The van der Waals surface area contributed by atoms with Gasteiger partial charge in [0.1, 0.15) is 17.0 Å². The summed E-state index contributed by atoms with van der Waals surface area (Å²) in [5.41, 5.74) is 2.47. The van der Waals surface area contributed by atoms with Crippen LogP contribution >= 0.6 is 0 Å². The molecule has 11 nitrogen and oxygen atoms in total. The number of nitrogens with zero attached hydrogens (tertiary/aromatic N) is 6. The van der Waals surface area contributed by atoms with Crippen LogP contribution < -0.4 is 20.3 Å². The first kappa shape index (κ1) is 22.5. The van der Waals surface area contributed by atoms with Crippen molar-refractivity contribution in [3.8, 4) is 5.88 Å². The molecule has 3 aromatic rings. The smallest absolute Gasteiger partial charge is 0.263 e. The first-order chi connectivity index (χ1) is 16.4. The maximum absolute atomic E-state index is 13.1. The quantitative estimate of drug-likeness (QED) is 0.537. The van der Waals surface area contributed by atoms with E-state index < -0.39 is 0 Å². The highest BCUT2D eigenvalue weighted by molar-refractivity contribution is 6.05. The van der Waals surface area contributed by atoms with Crippen molar-refractivity contribution in [2.75, 3.05) is 43.1 Å². The van der Waals surface area contributed by atoms with E-state index in [9.17, 15) is 4.79 Å². The standard InChI is InChI=1S/C23H30N8O3/c1-5-24-16-7-23(34-11-16)12-31(13-23)22-25-8-17(21(29-22)33-6-2)20(32)28-18-10-30-9-14(3)26-19(30)15(4)27-18/h8-10,16,24H,5-7,11-13H2,1-4H3,(H,28,32). The van der Waals surface area contributed by atoms with Crippen molar-refractivity contribution in [1.82, 2.24) is 29.7 Å². The lowest BCUT2D eigenvalue weighted by Gasteiger charge is -2.47. The van der Waals surface area contributed by atoms with Gasteiger partial charge >= 0.3 is 0 Å². The summed E-state index contributed by atoms with van der Waals surface area (Å²) >= 11 is 0. The number of aryl methyl sites for hydroxylation is 2. The van der Waals surface area contributed by atoms with Gasteiger partial charge in [-0.05, 0) is 33.7 Å². The van der Waals surface area contributed by atoms with Gasteiger partial charge in [-0.15, -0.1) is 0 Å². The third kappa shape index (κ3) is 4.16. The van der Waals surface area contributed by atoms with Crippen LogP contribution in [0.4, 0.5) is 11.8 Å². The summed E-state index contributed by atoms with van der Waals surface area (Å²) in [6.07, 6.45) is 6.11. The molecule has 2 aliphatic rings. The fraction of sp³-hybridized carbons (Fsp3) is 0.522. The molecule has 0 saturated carbocycles. The van der Waals surface area contributed by atoms with Gasteiger partial charge < -0.3 is 29.4 Å². The molecule has 2 fully saturated rings. The lowest BCUT2D eigenvalue weighted by Crippen LogP contribution is -2.62. The van der Waals surface area contributed by atoms with Crippen LogP contribution in [-0.4, -0.2) is 74.7 Å². The molecule has 0 aromatic carbocycles. The van der Waals surface area contributed by atoms with Crippen LogP contribution in [-0.2, 0) is 4.74 Å². The number of aromatic nitrogens is 5. The summed E-state index contributed by atoms with van der Waals surface area (Å²) < 4.78 is 13.6. The van der Waals surface area contributed by atoms with E-state index in [1.807, 2.05) is 31.4 Å². The molecule has 5 heterocycles. The summed E-state index contributed by atoms with van der Waals surface area (Å²) in [7, 11) is 0. The first-order valence-corrected chi connectivity index (χ1v) is 11.7. The van der Waals surface area contributed by atoms with Crippen molar-refractivity contribution in [3.05, 3.63) is 35.5 Å². The largest absolute Gasteiger partial charge is 0.477 e. The lowest BCUT2D eigenvalue weighted by molar-refractivity contribution is -0.0192. The third-order valence-corrected chi connectivity index (χ3v) is 6.18. The van der Waals surface area contributed by atoms with E-state index in [4.69, 9.17) is 9.47 Å². The molecule has 0 bridgehead atoms. The predicted octanol–water partition coefficient (Wildman–Crippen LogP) is 1.74. The summed E-state index contributed by atoms with van der Waals surface area (Å²) in [4.78, 5) is 33.0. The molecule has 11 heteroatoms. The van der Waals surface area contributed by atoms with Crippen LogP contribution in [0, 0.1) is 13.8 Å². The van der Waals surface area contributed by atoms with E-state index in [2.05, 4.69) is 42.4 Å². The van der Waals surface area contributed by atoms with E-state index in [0.717, 1.165) is 49.7 Å². The highest BCUT2D eigenvalue weighted by Gasteiger charge is 2.50. The topological polar surface area (TPSA) is 119 Å². The Morgan fingerprint density at radius 3 is 2.82 bits per heavy atom. The Hall–Kier alpha value is -3.31. The average molecular weight is 467 g/mol. The second-order valence-electron chi connectivity index (χ2n) is 8.91. The van der Waals surface area contributed by atoms with Crippen molar-refractivity contribution >= 4 is 23.3 Å². The van der Waals surface area contributed by atoms with E-state index in [1.165, 1.54) is 6.20 Å². The van der Waals surface area contributed by atoms with E-state index in [1.54, 1.807) is 6.20 Å². The Labute approximate surface area is 197 Å². The number of ether oxygens (including phenoxy) is 2. The zero-order chi connectivity index (χ0) is 23.9. The number of hydrogen-bond acceptors (Lipinski definition) is 9. The summed E-state index contributed by atoms with van der Waals surface area (Å²) in [5, 5.41) is 6.29. The number of imidazole rings is 1. The molecule has 180 valence electrons. The molecule has 2 N–H and O–H groups in total. The number of nitrogens with one attached hydrogen (secondary N) is 2. The summed E-state index contributed by atoms with van der Waals surface area (Å²) in [6.45, 7) is 11.2. The molecule has 5 rings (SSSR count). The Kier molecular flexibility index (Phi) is 5.82. The minimum absolute atomic E-state index is 0.147. The molecule has 3 aromatic heterocycles. The Morgan fingerprint density at radius 2 is 2.06 bits per heavy atom. The number of carbonyl (C=O) groups excluding carboxylic acids is 1. The highest BCUT2D eigenvalue weighted by Crippen LogP contribution is 2.37. The Balaban J connectivity index is 1.31. The van der Waals surface area contributed by atoms with Crippen molar-refractivity contribution in [1.29, 1.82) is 0 Å². The molecule has 1 atom stereocenters. The Morgan fingerprint density at radius 1 is 1.24 bits per heavy atom. The van der Waals surface area contributed by atoms with Gasteiger partial charge in [0.2, 0.25) is 11.8 Å². The number of likely N-dealkylation sites (N-methyl/N-ethyl adjacent to an activating group) is 1. The van der Waals surface area contributed by atoms with Crippen LogP contribution in [0.3, 0.4) is 0 Å². The molecule has 0 aliphatic carbocycles. The minimum Gasteiger partial charge on any atom is -0.477 e. The fourth-order valence-corrected chi connectivity index (χ4v) is 4.70. The predicted molar refractivity (Wildman–Crippen MR) is 127 cm³/mol. The van der Waals surface area contributed by atoms with Crippen LogP contribution in [0.25, 0.3) is 5.65 Å². The van der Waals surface area contributed by atoms with E-state index in [0.29, 0.717) is 24.4 Å². The molecular formula is C23H30N8O3. The zero-order valence-electron chi connectivity index (χ0n) is 20.0. The number of rotatable bonds is 7. The second kappa shape index (κ2) is 8.80. The van der Waals surface area contributed by atoms with Gasteiger partial charge in [0.25, 0.3) is 5.91 Å². The van der Waals surface area contributed by atoms with Gasteiger partial charge in [-0.1, -0.05) is 6.92 Å². The molecule has 2 aliphatic heterocycles. The number of hydrogen-bond donors (Lipinski definition) is 2. The maximum Gasteiger partial charge on any atom is 0.263 e. The number of amides is 1. The second-order valence-corrected chi connectivity index (χ2v) is 8.91. The van der Waals surface area contributed by atoms with Gasteiger partial charge in [0, 0.05) is 18.4 Å². The molecule has 1 unspecified atom stereocenters. The van der Waals surface area contributed by atoms with E-state index in [-0.39, 0.29) is 23.0 Å².